The van der Waals surface area contributed by atoms with Crippen LogP contribution in [0.3, 0.4) is 0 Å². The van der Waals surface area contributed by atoms with Gasteiger partial charge in [-0.1, -0.05) is 29.1 Å². The van der Waals surface area contributed by atoms with E-state index in [1.54, 1.807) is 0 Å². The number of terminal acetylenes is 1. The normalized spacial score (nSPS) is 15.1. The topological polar surface area (TPSA) is 84.9 Å². The van der Waals surface area contributed by atoms with Gasteiger partial charge in [-0.15, -0.1) is 6.42 Å². The lowest BCUT2D eigenvalue weighted by atomic mass is 10.1. The lowest BCUT2D eigenvalue weighted by Crippen LogP contribution is -2.54. The van der Waals surface area contributed by atoms with Gasteiger partial charge in [-0.2, -0.15) is 0 Å². The van der Waals surface area contributed by atoms with Gasteiger partial charge in [0.05, 0.1) is 17.8 Å². The molecule has 2 aromatic carbocycles. The molecule has 0 atom stereocenters. The summed E-state index contributed by atoms with van der Waals surface area (Å²) in [6.07, 6.45) is 6.49. The summed E-state index contributed by atoms with van der Waals surface area (Å²) in [7, 11) is 1.41. The summed E-state index contributed by atoms with van der Waals surface area (Å²) in [6, 6.07) is 8.17. The highest BCUT2D eigenvalue weighted by molar-refractivity contribution is 6.39. The third kappa shape index (κ3) is 4.25. The molecule has 1 aliphatic rings. The number of methoxy groups -OCH3 is 1. The Bertz CT molecular complexity index is 1100. The molecule has 7 nitrogen and oxygen atoms in total. The first kappa shape index (κ1) is 21.2. The number of carbonyl (C=O) groups is 3. The maximum absolute atomic E-state index is 12.9. The molecular formula is C21H14Cl2N2O5. The van der Waals surface area contributed by atoms with Crippen LogP contribution in [0.1, 0.15) is 5.56 Å². The second-order valence-corrected chi connectivity index (χ2v) is 6.80. The van der Waals surface area contributed by atoms with E-state index in [1.807, 2.05) is 0 Å². The molecular weight excluding hydrogens is 431 g/mol. The van der Waals surface area contributed by atoms with Gasteiger partial charge in [0.25, 0.3) is 11.8 Å². The fraction of sp³-hybridized carbons (Fsp3) is 0.0952. The van der Waals surface area contributed by atoms with Gasteiger partial charge in [0.2, 0.25) is 0 Å². The fourth-order valence-corrected chi connectivity index (χ4v) is 3.13. The standard InChI is InChI=1S/C21H14Cl2N2O5/c1-3-8-30-18-16(23)10-12(11-17(18)29-2)9-15-19(26)24-21(28)25(20(15)27)14-6-4-13(22)5-7-14/h1,4-7,9-11H,8H2,2H3,(H,24,26,28)/b15-9+. The monoisotopic (exact) mass is 444 g/mol. The van der Waals surface area contributed by atoms with Crippen LogP contribution in [0, 0.1) is 12.3 Å². The third-order valence-corrected chi connectivity index (χ3v) is 4.58. The van der Waals surface area contributed by atoms with E-state index < -0.39 is 17.8 Å². The first-order valence-electron chi connectivity index (χ1n) is 8.46. The van der Waals surface area contributed by atoms with Crippen LogP contribution in [0.5, 0.6) is 11.5 Å². The number of halogens is 2. The summed E-state index contributed by atoms with van der Waals surface area (Å²) in [5.74, 6) is 1.19. The summed E-state index contributed by atoms with van der Waals surface area (Å²) in [6.45, 7) is -0.0183. The number of hydrogen-bond donors (Lipinski definition) is 1. The Morgan fingerprint density at radius 1 is 1.17 bits per heavy atom. The maximum atomic E-state index is 12.9. The molecule has 1 aliphatic heterocycles. The van der Waals surface area contributed by atoms with Crippen LogP contribution < -0.4 is 19.7 Å². The molecule has 0 radical (unpaired) electrons. The van der Waals surface area contributed by atoms with Gasteiger partial charge < -0.3 is 9.47 Å². The number of nitrogens with zero attached hydrogens (tertiary/aromatic N) is 1. The number of ether oxygens (including phenoxy) is 2. The summed E-state index contributed by atoms with van der Waals surface area (Å²) in [5.41, 5.74) is 0.378. The Morgan fingerprint density at radius 2 is 1.87 bits per heavy atom. The Balaban J connectivity index is 2.01. The number of rotatable bonds is 5. The second-order valence-electron chi connectivity index (χ2n) is 5.96. The van der Waals surface area contributed by atoms with E-state index in [9.17, 15) is 14.4 Å². The van der Waals surface area contributed by atoms with Gasteiger partial charge in [0.1, 0.15) is 12.2 Å². The van der Waals surface area contributed by atoms with E-state index in [4.69, 9.17) is 39.1 Å². The van der Waals surface area contributed by atoms with Gasteiger partial charge in [0, 0.05) is 5.02 Å². The molecule has 1 saturated heterocycles. The first-order valence-corrected chi connectivity index (χ1v) is 9.22. The molecule has 1 N–H and O–H groups in total. The van der Waals surface area contributed by atoms with Crippen molar-refractivity contribution < 1.29 is 23.9 Å². The quantitative estimate of drug-likeness (QED) is 0.431. The number of barbiturate groups is 1. The number of benzene rings is 2. The molecule has 0 aromatic heterocycles. The van der Waals surface area contributed by atoms with Crippen molar-refractivity contribution in [2.24, 2.45) is 0 Å². The zero-order valence-electron chi connectivity index (χ0n) is 15.6. The van der Waals surface area contributed by atoms with Gasteiger partial charge in [-0.05, 0) is 48.0 Å². The summed E-state index contributed by atoms with van der Waals surface area (Å²) in [5, 5.41) is 2.75. The highest BCUT2D eigenvalue weighted by Gasteiger charge is 2.36. The van der Waals surface area contributed by atoms with Crippen molar-refractivity contribution in [2.45, 2.75) is 0 Å². The molecule has 0 aliphatic carbocycles. The van der Waals surface area contributed by atoms with Crippen molar-refractivity contribution in [1.29, 1.82) is 0 Å². The number of amides is 4. The average molecular weight is 445 g/mol. The third-order valence-electron chi connectivity index (χ3n) is 4.05. The minimum Gasteiger partial charge on any atom is -0.493 e. The molecule has 9 heteroatoms. The van der Waals surface area contributed by atoms with E-state index in [0.29, 0.717) is 10.6 Å². The molecule has 0 bridgehead atoms. The van der Waals surface area contributed by atoms with Crippen molar-refractivity contribution in [3.63, 3.8) is 0 Å². The van der Waals surface area contributed by atoms with Crippen molar-refractivity contribution in [2.75, 3.05) is 18.6 Å². The molecule has 0 spiro atoms. The van der Waals surface area contributed by atoms with E-state index >= 15 is 0 Å². The Labute approximate surface area is 182 Å². The van der Waals surface area contributed by atoms with E-state index in [0.717, 1.165) is 4.90 Å². The van der Waals surface area contributed by atoms with Crippen molar-refractivity contribution in [3.05, 3.63) is 57.6 Å². The van der Waals surface area contributed by atoms with Crippen molar-refractivity contribution >= 4 is 52.8 Å². The predicted molar refractivity (Wildman–Crippen MR) is 113 cm³/mol. The molecule has 1 fully saturated rings. The van der Waals surface area contributed by atoms with Crippen LogP contribution in [0.15, 0.2) is 42.0 Å². The number of carbonyl (C=O) groups excluding carboxylic acids is 3. The number of anilines is 1. The van der Waals surface area contributed by atoms with Crippen LogP contribution in [-0.2, 0) is 9.59 Å². The molecule has 3 rings (SSSR count). The van der Waals surface area contributed by atoms with E-state index in [2.05, 4.69) is 11.2 Å². The van der Waals surface area contributed by atoms with E-state index in [-0.39, 0.29) is 34.4 Å². The molecule has 0 unspecified atom stereocenters. The lowest BCUT2D eigenvalue weighted by Gasteiger charge is -2.26. The van der Waals surface area contributed by atoms with Crippen LogP contribution in [0.25, 0.3) is 6.08 Å². The van der Waals surface area contributed by atoms with Gasteiger partial charge >= 0.3 is 6.03 Å². The SMILES string of the molecule is C#CCOc1c(Cl)cc(/C=C2\C(=O)NC(=O)N(c3ccc(Cl)cc3)C2=O)cc1OC. The smallest absolute Gasteiger partial charge is 0.335 e. The van der Waals surface area contributed by atoms with Crippen molar-refractivity contribution in [1.82, 2.24) is 5.32 Å². The molecule has 152 valence electrons. The minimum atomic E-state index is -0.863. The highest BCUT2D eigenvalue weighted by Crippen LogP contribution is 2.37. The van der Waals surface area contributed by atoms with Crippen molar-refractivity contribution in [3.8, 4) is 23.8 Å². The fourth-order valence-electron chi connectivity index (χ4n) is 2.73. The number of nitrogens with one attached hydrogen (secondary N) is 1. The predicted octanol–water partition coefficient (Wildman–Crippen LogP) is 3.68. The van der Waals surface area contributed by atoms with Gasteiger partial charge in [-0.3, -0.25) is 14.9 Å². The second kappa shape index (κ2) is 8.91. The zero-order valence-corrected chi connectivity index (χ0v) is 17.1. The average Bonchev–Trinajstić information content (AvgIpc) is 2.71. The Kier molecular flexibility index (Phi) is 6.31. The molecule has 0 saturated carbocycles. The summed E-state index contributed by atoms with van der Waals surface area (Å²) in [4.78, 5) is 38.3. The Morgan fingerprint density at radius 3 is 2.50 bits per heavy atom. The molecule has 30 heavy (non-hydrogen) atoms. The van der Waals surface area contributed by atoms with E-state index in [1.165, 1.54) is 49.6 Å². The largest absolute Gasteiger partial charge is 0.493 e. The number of imide groups is 2. The number of urea groups is 1. The molecule has 2 aromatic rings. The number of hydrogen-bond acceptors (Lipinski definition) is 5. The zero-order chi connectivity index (χ0) is 21.8. The van der Waals surface area contributed by atoms with Crippen LogP contribution in [-0.4, -0.2) is 31.6 Å². The maximum Gasteiger partial charge on any atom is 0.335 e. The lowest BCUT2D eigenvalue weighted by molar-refractivity contribution is -0.122. The molecule has 4 amide bonds. The van der Waals surface area contributed by atoms with Crippen LogP contribution in [0.4, 0.5) is 10.5 Å². The summed E-state index contributed by atoms with van der Waals surface area (Å²) >= 11 is 12.1. The Hall–Kier alpha value is -3.47. The molecule has 1 heterocycles. The summed E-state index contributed by atoms with van der Waals surface area (Å²) < 4.78 is 10.6. The van der Waals surface area contributed by atoms with Gasteiger partial charge in [0.15, 0.2) is 11.5 Å². The minimum absolute atomic E-state index is 0.0183. The highest BCUT2D eigenvalue weighted by atomic mass is 35.5. The first-order chi connectivity index (χ1) is 14.3. The van der Waals surface area contributed by atoms with Gasteiger partial charge in [-0.25, -0.2) is 9.69 Å². The van der Waals surface area contributed by atoms with Crippen LogP contribution in [0.2, 0.25) is 10.0 Å². The van der Waals surface area contributed by atoms with Crippen LogP contribution >= 0.6 is 23.2 Å².